The number of aliphatic hydroxyl groups is 1. The van der Waals surface area contributed by atoms with Crippen LogP contribution < -0.4 is 0 Å². The standard InChI is InChI=1S/C33H55NO8/c1-7-31(36)42-30-22-32(37)41-25(3)16-18-34(17-12-11-15-26-13-9-8-10-14-26)23-28(35)24(2)19-27(20-29(30)38-4)21-33(39-5)40-6/h8-10,13-14,24-25,27-30,33,35H,7,11-12,15-23H2,1-6H3. The van der Waals surface area contributed by atoms with Crippen LogP contribution in [0.3, 0.4) is 0 Å². The van der Waals surface area contributed by atoms with Crippen LogP contribution in [0, 0.1) is 11.8 Å². The average molecular weight is 594 g/mol. The fourth-order valence-electron chi connectivity index (χ4n) is 5.67. The van der Waals surface area contributed by atoms with Crippen LogP contribution in [-0.4, -0.2) is 93.6 Å². The number of carbonyl (C=O) groups is 2. The number of nitrogens with zero attached hydrogens (tertiary/aromatic N) is 1. The maximum Gasteiger partial charge on any atom is 0.309 e. The Labute approximate surface area is 253 Å². The molecule has 1 aromatic rings. The summed E-state index contributed by atoms with van der Waals surface area (Å²) in [6.07, 6.45) is 3.03. The van der Waals surface area contributed by atoms with E-state index >= 15 is 0 Å². The van der Waals surface area contributed by atoms with Crippen molar-refractivity contribution in [2.24, 2.45) is 11.8 Å². The van der Waals surface area contributed by atoms with Crippen molar-refractivity contribution < 1.29 is 38.4 Å². The molecule has 6 atom stereocenters. The highest BCUT2D eigenvalue weighted by molar-refractivity contribution is 5.72. The number of cyclic esters (lactones) is 1. The summed E-state index contributed by atoms with van der Waals surface area (Å²) in [7, 11) is 4.77. The lowest BCUT2D eigenvalue weighted by Crippen LogP contribution is -2.39. The zero-order chi connectivity index (χ0) is 30.9. The normalized spacial score (nSPS) is 27.2. The lowest BCUT2D eigenvalue weighted by molar-refractivity contribution is -0.166. The van der Waals surface area contributed by atoms with Gasteiger partial charge in [-0.15, -0.1) is 0 Å². The summed E-state index contributed by atoms with van der Waals surface area (Å²) < 4.78 is 28.3. The van der Waals surface area contributed by atoms with Gasteiger partial charge in [0.05, 0.1) is 18.6 Å². The molecule has 1 aliphatic rings. The van der Waals surface area contributed by atoms with E-state index in [2.05, 4.69) is 36.1 Å². The molecule has 1 saturated heterocycles. The van der Waals surface area contributed by atoms with Crippen molar-refractivity contribution >= 4 is 11.9 Å². The zero-order valence-electron chi connectivity index (χ0n) is 26.7. The molecule has 2 rings (SSSR count). The van der Waals surface area contributed by atoms with Crippen molar-refractivity contribution in [3.05, 3.63) is 35.9 Å². The van der Waals surface area contributed by atoms with Gasteiger partial charge in [-0.3, -0.25) is 9.59 Å². The summed E-state index contributed by atoms with van der Waals surface area (Å²) >= 11 is 0. The second-order valence-electron chi connectivity index (χ2n) is 11.7. The van der Waals surface area contributed by atoms with Crippen molar-refractivity contribution in [1.29, 1.82) is 0 Å². The van der Waals surface area contributed by atoms with Crippen LogP contribution in [0.1, 0.15) is 77.7 Å². The Kier molecular flexibility index (Phi) is 17.2. The molecule has 0 aliphatic carbocycles. The number of hydrogen-bond acceptors (Lipinski definition) is 9. The third-order valence-corrected chi connectivity index (χ3v) is 8.30. The summed E-state index contributed by atoms with van der Waals surface area (Å²) in [5.41, 5.74) is 1.33. The number of unbranched alkanes of at least 4 members (excludes halogenated alkanes) is 1. The van der Waals surface area contributed by atoms with Crippen LogP contribution in [0.2, 0.25) is 0 Å². The topological polar surface area (TPSA) is 104 Å². The molecule has 240 valence electrons. The van der Waals surface area contributed by atoms with E-state index in [1.165, 1.54) is 5.56 Å². The Morgan fingerprint density at radius 2 is 1.79 bits per heavy atom. The Hall–Kier alpha value is -2.04. The molecule has 0 aromatic heterocycles. The zero-order valence-corrected chi connectivity index (χ0v) is 26.7. The summed E-state index contributed by atoms with van der Waals surface area (Å²) in [5, 5.41) is 11.4. The number of ether oxygens (including phenoxy) is 5. The number of β-amino-alcohol motifs (C(OH)–C–C–N with tert-alkyl or cyclic N) is 1. The molecule has 1 aliphatic heterocycles. The first-order valence-electron chi connectivity index (χ1n) is 15.6. The molecule has 1 heterocycles. The first-order chi connectivity index (χ1) is 20.2. The van der Waals surface area contributed by atoms with Crippen LogP contribution in [0.4, 0.5) is 0 Å². The minimum absolute atomic E-state index is 0.00855. The molecule has 9 heteroatoms. The SMILES string of the molecule is CCC(=O)OC1CC(=O)OC(C)CCN(CCCCc2ccccc2)CC(O)C(C)CC(CC(OC)OC)CC1OC. The second-order valence-corrected chi connectivity index (χ2v) is 11.7. The van der Waals surface area contributed by atoms with E-state index in [0.29, 0.717) is 38.8 Å². The van der Waals surface area contributed by atoms with Crippen molar-refractivity contribution in [1.82, 2.24) is 4.90 Å². The molecule has 0 bridgehead atoms. The van der Waals surface area contributed by atoms with Crippen molar-refractivity contribution in [3.8, 4) is 0 Å². The maximum atomic E-state index is 13.0. The number of aliphatic hydroxyl groups excluding tert-OH is 1. The van der Waals surface area contributed by atoms with Gasteiger partial charge in [-0.25, -0.2) is 0 Å². The average Bonchev–Trinajstić information content (AvgIpc) is 2.98. The molecule has 1 aromatic carbocycles. The van der Waals surface area contributed by atoms with Crippen LogP contribution in [0.5, 0.6) is 0 Å². The third kappa shape index (κ3) is 13.5. The predicted octanol–water partition coefficient (Wildman–Crippen LogP) is 4.78. The smallest absolute Gasteiger partial charge is 0.309 e. The summed E-state index contributed by atoms with van der Waals surface area (Å²) in [6.45, 7) is 7.79. The highest BCUT2D eigenvalue weighted by atomic mass is 16.7. The number of esters is 2. The van der Waals surface area contributed by atoms with E-state index in [1.54, 1.807) is 28.3 Å². The molecular weight excluding hydrogens is 538 g/mol. The van der Waals surface area contributed by atoms with Crippen LogP contribution >= 0.6 is 0 Å². The van der Waals surface area contributed by atoms with Gasteiger partial charge in [0.1, 0.15) is 12.2 Å². The first kappa shape index (κ1) is 36.2. The summed E-state index contributed by atoms with van der Waals surface area (Å²) in [5.74, 6) is -0.799. The van der Waals surface area contributed by atoms with Gasteiger partial charge in [0.15, 0.2) is 6.29 Å². The minimum atomic E-state index is -0.778. The largest absolute Gasteiger partial charge is 0.463 e. The second kappa shape index (κ2) is 20.0. The molecule has 1 fully saturated rings. The van der Waals surface area contributed by atoms with Gasteiger partial charge in [0.2, 0.25) is 0 Å². The van der Waals surface area contributed by atoms with E-state index < -0.39 is 36.5 Å². The summed E-state index contributed by atoms with van der Waals surface area (Å²) in [4.78, 5) is 27.6. The van der Waals surface area contributed by atoms with Crippen LogP contribution in [0.25, 0.3) is 0 Å². The number of aryl methyl sites for hydroxylation is 1. The van der Waals surface area contributed by atoms with Crippen LogP contribution in [-0.2, 0) is 39.7 Å². The minimum Gasteiger partial charge on any atom is -0.463 e. The van der Waals surface area contributed by atoms with Crippen molar-refractivity contribution in [2.75, 3.05) is 41.0 Å². The Bertz CT molecular complexity index is 880. The van der Waals surface area contributed by atoms with E-state index in [0.717, 1.165) is 25.8 Å². The Morgan fingerprint density at radius 1 is 1.07 bits per heavy atom. The van der Waals surface area contributed by atoms with Crippen LogP contribution in [0.15, 0.2) is 30.3 Å². The third-order valence-electron chi connectivity index (χ3n) is 8.30. The number of carbonyl (C=O) groups excluding carboxylic acids is 2. The summed E-state index contributed by atoms with van der Waals surface area (Å²) in [6, 6.07) is 10.5. The molecule has 0 amide bonds. The molecule has 42 heavy (non-hydrogen) atoms. The molecular formula is C33H55NO8. The van der Waals surface area contributed by atoms with Gasteiger partial charge in [-0.1, -0.05) is 44.2 Å². The number of hydrogen-bond donors (Lipinski definition) is 1. The lowest BCUT2D eigenvalue weighted by Gasteiger charge is -2.33. The van der Waals surface area contributed by atoms with Gasteiger partial charge < -0.3 is 33.7 Å². The molecule has 1 N–H and O–H groups in total. The van der Waals surface area contributed by atoms with Gasteiger partial charge in [0, 0.05) is 47.3 Å². The quantitative estimate of drug-likeness (QED) is 0.208. The van der Waals surface area contributed by atoms with E-state index in [9.17, 15) is 14.7 Å². The van der Waals surface area contributed by atoms with E-state index in [1.807, 2.05) is 13.0 Å². The molecule has 0 saturated carbocycles. The van der Waals surface area contributed by atoms with Gasteiger partial charge >= 0.3 is 11.9 Å². The van der Waals surface area contributed by atoms with Gasteiger partial charge in [0.25, 0.3) is 0 Å². The van der Waals surface area contributed by atoms with E-state index in [-0.39, 0.29) is 30.8 Å². The molecule has 0 spiro atoms. The highest BCUT2D eigenvalue weighted by Crippen LogP contribution is 2.29. The number of rotatable bonds is 12. The highest BCUT2D eigenvalue weighted by Gasteiger charge is 2.33. The number of methoxy groups -OCH3 is 3. The Morgan fingerprint density at radius 3 is 2.43 bits per heavy atom. The molecule has 6 unspecified atom stereocenters. The van der Waals surface area contributed by atoms with Crippen molar-refractivity contribution in [3.63, 3.8) is 0 Å². The Balaban J connectivity index is 2.22. The fraction of sp³-hybridized carbons (Fsp3) is 0.758. The first-order valence-corrected chi connectivity index (χ1v) is 15.6. The molecule has 9 nitrogen and oxygen atoms in total. The molecule has 0 radical (unpaired) electrons. The van der Waals surface area contributed by atoms with E-state index in [4.69, 9.17) is 23.7 Å². The van der Waals surface area contributed by atoms with Gasteiger partial charge in [-0.2, -0.15) is 0 Å². The lowest BCUT2D eigenvalue weighted by atomic mass is 9.84. The predicted molar refractivity (Wildman–Crippen MR) is 162 cm³/mol. The monoisotopic (exact) mass is 593 g/mol. The fourth-order valence-corrected chi connectivity index (χ4v) is 5.67. The van der Waals surface area contributed by atoms with Gasteiger partial charge in [-0.05, 0) is 69.4 Å². The number of benzene rings is 1. The maximum absolute atomic E-state index is 13.0. The van der Waals surface area contributed by atoms with Crippen molar-refractivity contribution in [2.45, 2.75) is 109 Å².